The van der Waals surface area contributed by atoms with Gasteiger partial charge in [0.2, 0.25) is 0 Å². The van der Waals surface area contributed by atoms with Gasteiger partial charge in [0, 0.05) is 18.9 Å². The Balaban J connectivity index is 2.17. The van der Waals surface area contributed by atoms with Crippen LogP contribution >= 0.6 is 0 Å². The molecule has 2 N–H and O–H groups in total. The highest BCUT2D eigenvalue weighted by atomic mass is 16.3. The molecule has 2 rings (SSSR count). The lowest BCUT2D eigenvalue weighted by molar-refractivity contribution is 0.0314. The lowest BCUT2D eigenvalue weighted by Crippen LogP contribution is -2.42. The zero-order chi connectivity index (χ0) is 15.3. The predicted molar refractivity (Wildman–Crippen MR) is 81.4 cm³/mol. The van der Waals surface area contributed by atoms with E-state index in [0.717, 1.165) is 5.69 Å². The number of amides is 1. The number of carbonyl (C=O) groups is 1. The van der Waals surface area contributed by atoms with E-state index in [0.29, 0.717) is 18.4 Å². The number of rotatable bonds is 6. The van der Waals surface area contributed by atoms with E-state index in [2.05, 4.69) is 10.4 Å². The fraction of sp³-hybridized carbons (Fsp3) is 0.375. The molecule has 21 heavy (non-hydrogen) atoms. The molecule has 1 amide bonds. The van der Waals surface area contributed by atoms with Crippen LogP contribution in [0.25, 0.3) is 5.69 Å². The Morgan fingerprint density at radius 1 is 1.29 bits per heavy atom. The van der Waals surface area contributed by atoms with Crippen molar-refractivity contribution in [1.29, 1.82) is 0 Å². The van der Waals surface area contributed by atoms with Gasteiger partial charge in [-0.15, -0.1) is 0 Å². The van der Waals surface area contributed by atoms with E-state index in [4.69, 9.17) is 0 Å². The zero-order valence-electron chi connectivity index (χ0n) is 12.4. The molecular weight excluding hydrogens is 266 g/mol. The second kappa shape index (κ2) is 6.54. The highest BCUT2D eigenvalue weighted by molar-refractivity contribution is 5.97. The maximum Gasteiger partial charge on any atom is 0.253 e. The average molecular weight is 287 g/mol. The fourth-order valence-corrected chi connectivity index (χ4v) is 2.12. The highest BCUT2D eigenvalue weighted by Gasteiger charge is 2.23. The molecule has 5 nitrogen and oxygen atoms in total. The SMILES string of the molecule is CCC(O)(CC)CNC(=O)c1ccccc1-n1cccn1. The van der Waals surface area contributed by atoms with Gasteiger partial charge in [0.15, 0.2) is 0 Å². The third-order valence-electron chi connectivity index (χ3n) is 3.79. The van der Waals surface area contributed by atoms with Crippen molar-refractivity contribution in [2.24, 2.45) is 0 Å². The number of hydrogen-bond acceptors (Lipinski definition) is 3. The Hall–Kier alpha value is -2.14. The smallest absolute Gasteiger partial charge is 0.253 e. The minimum Gasteiger partial charge on any atom is -0.388 e. The Bertz CT molecular complexity index is 589. The summed E-state index contributed by atoms with van der Waals surface area (Å²) in [6.07, 6.45) is 4.66. The zero-order valence-corrected chi connectivity index (χ0v) is 12.4. The van der Waals surface area contributed by atoms with Gasteiger partial charge in [-0.1, -0.05) is 26.0 Å². The standard InChI is InChI=1S/C16H21N3O2/c1-3-16(21,4-2)12-17-15(20)13-8-5-6-9-14(13)19-11-7-10-18-19/h5-11,21H,3-4,12H2,1-2H3,(H,17,20). The molecule has 0 spiro atoms. The van der Waals surface area contributed by atoms with Crippen LogP contribution in [0, 0.1) is 0 Å². The summed E-state index contributed by atoms with van der Waals surface area (Å²) in [6, 6.07) is 9.08. The van der Waals surface area contributed by atoms with E-state index in [1.54, 1.807) is 23.1 Å². The number of aliphatic hydroxyl groups is 1. The summed E-state index contributed by atoms with van der Waals surface area (Å²) in [5, 5.41) is 17.2. The molecule has 0 radical (unpaired) electrons. The van der Waals surface area contributed by atoms with Crippen LogP contribution in [0.3, 0.4) is 0 Å². The van der Waals surface area contributed by atoms with Crippen LogP contribution in [0.4, 0.5) is 0 Å². The van der Waals surface area contributed by atoms with Gasteiger partial charge < -0.3 is 10.4 Å². The van der Waals surface area contributed by atoms with Gasteiger partial charge in [0.05, 0.1) is 16.9 Å². The third kappa shape index (κ3) is 3.49. The number of aromatic nitrogens is 2. The third-order valence-corrected chi connectivity index (χ3v) is 3.79. The van der Waals surface area contributed by atoms with Gasteiger partial charge in [-0.2, -0.15) is 5.10 Å². The van der Waals surface area contributed by atoms with Gasteiger partial charge in [-0.3, -0.25) is 4.79 Å². The predicted octanol–water partition coefficient (Wildman–Crippen LogP) is 2.15. The lowest BCUT2D eigenvalue weighted by Gasteiger charge is -2.25. The number of nitrogens with one attached hydrogen (secondary N) is 1. The molecule has 0 unspecified atom stereocenters. The molecule has 0 bridgehead atoms. The molecule has 5 heteroatoms. The number of nitrogens with zero attached hydrogens (tertiary/aromatic N) is 2. The van der Waals surface area contributed by atoms with Crippen LogP contribution in [0.15, 0.2) is 42.7 Å². The molecule has 0 saturated carbocycles. The van der Waals surface area contributed by atoms with E-state index in [1.165, 1.54) is 0 Å². The van der Waals surface area contributed by atoms with Crippen LogP contribution in [-0.2, 0) is 0 Å². The quantitative estimate of drug-likeness (QED) is 0.855. The number of benzene rings is 1. The lowest BCUT2D eigenvalue weighted by atomic mass is 9.97. The molecular formula is C16H21N3O2. The van der Waals surface area contributed by atoms with Gasteiger partial charge in [-0.05, 0) is 31.0 Å². The van der Waals surface area contributed by atoms with Crippen LogP contribution < -0.4 is 5.32 Å². The largest absolute Gasteiger partial charge is 0.388 e. The molecule has 0 saturated heterocycles. The van der Waals surface area contributed by atoms with Crippen molar-refractivity contribution in [3.63, 3.8) is 0 Å². The first-order valence-corrected chi connectivity index (χ1v) is 7.19. The van der Waals surface area contributed by atoms with E-state index in [1.807, 2.05) is 38.1 Å². The average Bonchev–Trinajstić information content (AvgIpc) is 3.06. The first-order valence-electron chi connectivity index (χ1n) is 7.19. The minimum atomic E-state index is -0.851. The topological polar surface area (TPSA) is 67.2 Å². The molecule has 0 aliphatic heterocycles. The Morgan fingerprint density at radius 2 is 2.00 bits per heavy atom. The van der Waals surface area contributed by atoms with Crippen molar-refractivity contribution >= 4 is 5.91 Å². The van der Waals surface area contributed by atoms with Crippen molar-refractivity contribution < 1.29 is 9.90 Å². The molecule has 1 heterocycles. The summed E-state index contributed by atoms with van der Waals surface area (Å²) in [4.78, 5) is 12.4. The van der Waals surface area contributed by atoms with Crippen LogP contribution in [0.1, 0.15) is 37.0 Å². The van der Waals surface area contributed by atoms with Crippen molar-refractivity contribution in [2.45, 2.75) is 32.3 Å². The van der Waals surface area contributed by atoms with E-state index < -0.39 is 5.60 Å². The second-order valence-corrected chi connectivity index (χ2v) is 5.08. The Morgan fingerprint density at radius 3 is 2.62 bits per heavy atom. The number of para-hydroxylation sites is 1. The molecule has 0 atom stereocenters. The summed E-state index contributed by atoms with van der Waals surface area (Å²) in [5.41, 5.74) is 0.406. The first kappa shape index (κ1) is 15.3. The Labute approximate surface area is 124 Å². The molecule has 0 aliphatic rings. The first-order chi connectivity index (χ1) is 10.1. The molecule has 112 valence electrons. The molecule has 0 aliphatic carbocycles. The monoisotopic (exact) mass is 287 g/mol. The molecule has 2 aromatic rings. The minimum absolute atomic E-state index is 0.207. The van der Waals surface area contributed by atoms with E-state index in [-0.39, 0.29) is 12.5 Å². The van der Waals surface area contributed by atoms with Crippen LogP contribution in [0.2, 0.25) is 0 Å². The van der Waals surface area contributed by atoms with Crippen molar-refractivity contribution in [3.8, 4) is 5.69 Å². The normalized spacial score (nSPS) is 11.4. The van der Waals surface area contributed by atoms with E-state index in [9.17, 15) is 9.90 Å². The van der Waals surface area contributed by atoms with Crippen molar-refractivity contribution in [2.75, 3.05) is 6.54 Å². The fourth-order valence-electron chi connectivity index (χ4n) is 2.12. The van der Waals surface area contributed by atoms with Gasteiger partial charge >= 0.3 is 0 Å². The molecule has 1 aromatic carbocycles. The molecule has 1 aromatic heterocycles. The number of carbonyl (C=O) groups excluding carboxylic acids is 1. The summed E-state index contributed by atoms with van der Waals surface area (Å²) in [6.45, 7) is 4.06. The van der Waals surface area contributed by atoms with Gasteiger partial charge in [-0.25, -0.2) is 4.68 Å². The second-order valence-electron chi connectivity index (χ2n) is 5.08. The number of hydrogen-bond donors (Lipinski definition) is 2. The summed E-state index contributed by atoms with van der Waals surface area (Å²) in [5.74, 6) is -0.207. The summed E-state index contributed by atoms with van der Waals surface area (Å²) < 4.78 is 1.65. The highest BCUT2D eigenvalue weighted by Crippen LogP contribution is 2.16. The van der Waals surface area contributed by atoms with Gasteiger partial charge in [0.25, 0.3) is 5.91 Å². The van der Waals surface area contributed by atoms with Crippen molar-refractivity contribution in [1.82, 2.24) is 15.1 Å². The van der Waals surface area contributed by atoms with E-state index >= 15 is 0 Å². The summed E-state index contributed by atoms with van der Waals surface area (Å²) >= 11 is 0. The van der Waals surface area contributed by atoms with Crippen molar-refractivity contribution in [3.05, 3.63) is 48.3 Å². The van der Waals surface area contributed by atoms with Crippen LogP contribution in [0.5, 0.6) is 0 Å². The maximum absolute atomic E-state index is 12.4. The molecule has 0 fully saturated rings. The summed E-state index contributed by atoms with van der Waals surface area (Å²) in [7, 11) is 0. The Kier molecular flexibility index (Phi) is 4.75. The van der Waals surface area contributed by atoms with Gasteiger partial charge in [0.1, 0.15) is 0 Å². The maximum atomic E-state index is 12.4. The van der Waals surface area contributed by atoms with Crippen LogP contribution in [-0.4, -0.2) is 32.9 Å².